The van der Waals surface area contributed by atoms with Crippen molar-refractivity contribution in [2.75, 3.05) is 0 Å². The fraction of sp³-hybridized carbons (Fsp3) is 0.900. The summed E-state index contributed by atoms with van der Waals surface area (Å²) in [7, 11) is 0. The quantitative estimate of drug-likeness (QED) is 0.386. The van der Waals surface area contributed by atoms with Gasteiger partial charge in [-0.3, -0.25) is 4.79 Å². The number of carbonyl (C=O) groups is 1. The average Bonchev–Trinajstić information content (AvgIpc) is 2.10. The summed E-state index contributed by atoms with van der Waals surface area (Å²) in [4.78, 5) is 10.3. The van der Waals surface area contributed by atoms with Crippen LogP contribution in [0.4, 0.5) is 0 Å². The second-order valence-corrected chi connectivity index (χ2v) is 3.89. The molecule has 0 aliphatic heterocycles. The molecule has 14 heavy (non-hydrogen) atoms. The number of hydrogen-bond acceptors (Lipinski definition) is 1. The van der Waals surface area contributed by atoms with Crippen LogP contribution in [-0.2, 0) is 4.79 Å². The van der Waals surface area contributed by atoms with Crippen LogP contribution in [0.1, 0.15) is 53.3 Å². The van der Waals surface area contributed by atoms with Gasteiger partial charge in [-0.15, -0.1) is 11.6 Å². The third-order valence-corrected chi connectivity index (χ3v) is 2.48. The van der Waals surface area contributed by atoms with Crippen LogP contribution in [0.15, 0.2) is 0 Å². The van der Waals surface area contributed by atoms with Gasteiger partial charge in [-0.1, -0.05) is 45.4 Å². The van der Waals surface area contributed by atoms with Gasteiger partial charge >= 0.3 is 57.4 Å². The van der Waals surface area contributed by atoms with Gasteiger partial charge in [-0.2, -0.15) is 0 Å². The predicted octanol–water partition coefficient (Wildman–Crippen LogP) is 0.545. The maximum atomic E-state index is 10.3. The van der Waals surface area contributed by atoms with E-state index in [9.17, 15) is 4.79 Å². The van der Waals surface area contributed by atoms with Gasteiger partial charge in [0.25, 0.3) is 0 Å². The van der Waals surface area contributed by atoms with Gasteiger partial charge < -0.3 is 6.53 Å². The van der Waals surface area contributed by atoms with Gasteiger partial charge in [0, 0.05) is 0 Å². The molecule has 0 aromatic heterocycles. The van der Waals surface area contributed by atoms with E-state index in [0.717, 1.165) is 12.8 Å². The Bertz CT molecular complexity index is 147. The summed E-state index contributed by atoms with van der Waals surface area (Å²) in [5.41, 5.74) is 0. The van der Waals surface area contributed by atoms with Crippen LogP contribution in [0, 0.1) is 0 Å². The number of carboxylic acids is 1. The molecule has 1 unspecified atom stereocenters. The molecule has 2 nitrogen and oxygen atoms in total. The van der Waals surface area contributed by atoms with E-state index in [1.165, 1.54) is 25.7 Å². The fourth-order valence-corrected chi connectivity index (χ4v) is 1.38. The Morgan fingerprint density at radius 2 is 1.79 bits per heavy atom. The van der Waals surface area contributed by atoms with Crippen molar-refractivity contribution in [3.8, 4) is 0 Å². The van der Waals surface area contributed by atoms with Crippen LogP contribution in [0.5, 0.6) is 0 Å². The monoisotopic (exact) mass is 246 g/mol. The second-order valence-electron chi connectivity index (χ2n) is 3.36. The Hall–Kier alpha value is 1.40. The molecule has 0 spiro atoms. The van der Waals surface area contributed by atoms with E-state index < -0.39 is 11.3 Å². The first kappa shape index (κ1) is 17.8. The standard InChI is InChI=1S/C10H19ClO2.K.H/c1-2-3-4-5-6-7-8-9(11)10(12)13;;/h9H,2-8H2,1H3,(H,12,13);;/q;+1;-1. The summed E-state index contributed by atoms with van der Waals surface area (Å²) in [5.74, 6) is -0.893. The first-order valence-corrected chi connectivity index (χ1v) is 5.49. The van der Waals surface area contributed by atoms with Gasteiger partial charge in [0.15, 0.2) is 0 Å². The summed E-state index contributed by atoms with van der Waals surface area (Å²) < 4.78 is 0. The van der Waals surface area contributed by atoms with Crippen molar-refractivity contribution in [3.05, 3.63) is 0 Å². The van der Waals surface area contributed by atoms with Crippen LogP contribution in [0.2, 0.25) is 0 Å². The molecule has 0 fully saturated rings. The second kappa shape index (κ2) is 12.5. The Kier molecular flexibility index (Phi) is 15.8. The molecule has 0 amide bonds. The van der Waals surface area contributed by atoms with Crippen LogP contribution in [-0.4, -0.2) is 16.5 Å². The van der Waals surface area contributed by atoms with Crippen molar-refractivity contribution in [1.29, 1.82) is 0 Å². The topological polar surface area (TPSA) is 37.3 Å². The summed E-state index contributed by atoms with van der Waals surface area (Å²) in [6, 6.07) is 0. The van der Waals surface area contributed by atoms with E-state index in [1.54, 1.807) is 0 Å². The molecule has 0 heterocycles. The van der Waals surface area contributed by atoms with Gasteiger partial charge in [0.05, 0.1) is 0 Å². The molecule has 0 saturated heterocycles. The number of rotatable bonds is 8. The zero-order chi connectivity index (χ0) is 10.1. The van der Waals surface area contributed by atoms with E-state index in [-0.39, 0.29) is 52.8 Å². The number of hydrogen-bond donors (Lipinski definition) is 1. The minimum Gasteiger partial charge on any atom is -1.00 e. The number of halogens is 1. The van der Waals surface area contributed by atoms with Crippen LogP contribution >= 0.6 is 11.6 Å². The van der Waals surface area contributed by atoms with Crippen molar-refractivity contribution in [2.45, 2.75) is 57.2 Å². The minimum absolute atomic E-state index is 0. The van der Waals surface area contributed by atoms with Crippen molar-refractivity contribution < 1.29 is 62.7 Å². The molecule has 0 aromatic carbocycles. The first-order valence-electron chi connectivity index (χ1n) is 5.05. The van der Waals surface area contributed by atoms with Gasteiger partial charge in [-0.25, -0.2) is 0 Å². The van der Waals surface area contributed by atoms with Crippen molar-refractivity contribution >= 4 is 17.6 Å². The Morgan fingerprint density at radius 1 is 1.29 bits per heavy atom. The van der Waals surface area contributed by atoms with Gasteiger partial charge in [-0.05, 0) is 6.42 Å². The third kappa shape index (κ3) is 11.5. The molecule has 0 aliphatic rings. The van der Waals surface area contributed by atoms with E-state index in [1.807, 2.05) is 0 Å². The predicted molar refractivity (Wildman–Crippen MR) is 56.4 cm³/mol. The Labute approximate surface area is 136 Å². The van der Waals surface area contributed by atoms with E-state index in [4.69, 9.17) is 16.7 Å². The van der Waals surface area contributed by atoms with Crippen LogP contribution < -0.4 is 51.4 Å². The summed E-state index contributed by atoms with van der Waals surface area (Å²) >= 11 is 5.56. The SMILES string of the molecule is CCCCCCCCC(Cl)C(=O)O.[H-].[K+]. The third-order valence-electron chi connectivity index (χ3n) is 2.08. The van der Waals surface area contributed by atoms with Crippen LogP contribution in [0.25, 0.3) is 0 Å². The van der Waals surface area contributed by atoms with Gasteiger partial charge in [0.2, 0.25) is 0 Å². The molecular formula is C10H20ClKO2. The zero-order valence-corrected chi connectivity index (χ0v) is 13.1. The van der Waals surface area contributed by atoms with Crippen LogP contribution in [0.3, 0.4) is 0 Å². The molecule has 0 bridgehead atoms. The largest absolute Gasteiger partial charge is 1.00 e. The molecule has 1 N–H and O–H groups in total. The maximum absolute atomic E-state index is 10.3. The number of unbranched alkanes of at least 4 members (excludes halogenated alkanes) is 5. The number of carboxylic acid groups (broad SMARTS) is 1. The molecule has 0 aromatic rings. The van der Waals surface area contributed by atoms with E-state index >= 15 is 0 Å². The normalized spacial score (nSPS) is 11.9. The summed E-state index contributed by atoms with van der Waals surface area (Å²) in [6.45, 7) is 2.18. The van der Waals surface area contributed by atoms with Crippen molar-refractivity contribution in [3.63, 3.8) is 0 Å². The molecule has 0 radical (unpaired) electrons. The zero-order valence-electron chi connectivity index (χ0n) is 10.3. The molecule has 0 saturated carbocycles. The molecule has 4 heteroatoms. The average molecular weight is 247 g/mol. The summed E-state index contributed by atoms with van der Waals surface area (Å²) in [5, 5.41) is 7.80. The Balaban J connectivity index is -0.000000720. The van der Waals surface area contributed by atoms with Gasteiger partial charge in [0.1, 0.15) is 5.38 Å². The molecule has 1 atom stereocenters. The first-order chi connectivity index (χ1) is 6.18. The number of alkyl halides is 1. The molecule has 0 aliphatic carbocycles. The molecule has 80 valence electrons. The molecular weight excluding hydrogens is 227 g/mol. The number of aliphatic carboxylic acids is 1. The minimum atomic E-state index is -0.893. The Morgan fingerprint density at radius 3 is 2.29 bits per heavy atom. The maximum Gasteiger partial charge on any atom is 1.00 e. The van der Waals surface area contributed by atoms with Crippen molar-refractivity contribution in [1.82, 2.24) is 0 Å². The smallest absolute Gasteiger partial charge is 1.00 e. The van der Waals surface area contributed by atoms with Crippen molar-refractivity contribution in [2.24, 2.45) is 0 Å². The summed E-state index contributed by atoms with van der Waals surface area (Å²) in [6.07, 6.45) is 7.63. The van der Waals surface area contributed by atoms with E-state index in [2.05, 4.69) is 6.92 Å². The fourth-order valence-electron chi connectivity index (χ4n) is 1.23. The molecule has 0 rings (SSSR count). The van der Waals surface area contributed by atoms with E-state index in [0.29, 0.717) is 6.42 Å².